The molecule has 0 N–H and O–H groups in total. The zero-order chi connectivity index (χ0) is 20.8. The first-order chi connectivity index (χ1) is 13.8. The smallest absolute Gasteiger partial charge is 0.308 e. The van der Waals surface area contributed by atoms with Crippen LogP contribution in [0.2, 0.25) is 0 Å². The number of hydrogen-bond donors (Lipinski definition) is 0. The van der Waals surface area contributed by atoms with Gasteiger partial charge in [0, 0.05) is 24.1 Å². The van der Waals surface area contributed by atoms with Crippen LogP contribution in [0.15, 0.2) is 60.0 Å². The van der Waals surface area contributed by atoms with Gasteiger partial charge in [0.1, 0.15) is 5.75 Å². The zero-order valence-corrected chi connectivity index (χ0v) is 17.2. The van der Waals surface area contributed by atoms with Gasteiger partial charge in [-0.15, -0.1) is 0 Å². The number of carbonyl (C=O) groups excluding carboxylic acids is 1. The second kappa shape index (κ2) is 7.00. The van der Waals surface area contributed by atoms with Gasteiger partial charge in [-0.05, 0) is 25.1 Å². The van der Waals surface area contributed by atoms with Crippen LogP contribution in [0, 0.1) is 6.92 Å². The minimum atomic E-state index is -3.77. The summed E-state index contributed by atoms with van der Waals surface area (Å²) in [4.78, 5) is 12.5. The van der Waals surface area contributed by atoms with Gasteiger partial charge in [0.15, 0.2) is 5.60 Å². The van der Waals surface area contributed by atoms with Crippen molar-refractivity contribution in [3.63, 3.8) is 0 Å². The van der Waals surface area contributed by atoms with Gasteiger partial charge in [0.2, 0.25) is 10.0 Å². The highest BCUT2D eigenvalue weighted by atomic mass is 32.2. The van der Waals surface area contributed by atoms with E-state index >= 15 is 0 Å². The number of fused-ring (bicyclic) bond motifs is 1. The first-order valence-corrected chi connectivity index (χ1v) is 10.9. The van der Waals surface area contributed by atoms with Gasteiger partial charge in [-0.1, -0.05) is 42.5 Å². The highest BCUT2D eigenvalue weighted by Crippen LogP contribution is 2.50. The molecule has 2 fully saturated rings. The summed E-state index contributed by atoms with van der Waals surface area (Å²) in [5.74, 6) is 0.184. The predicted molar refractivity (Wildman–Crippen MR) is 109 cm³/mol. The molecule has 4 rings (SSSR count). The lowest BCUT2D eigenvalue weighted by Gasteiger charge is -2.32. The van der Waals surface area contributed by atoms with Crippen LogP contribution < -0.4 is 4.74 Å². The SMILES string of the molecule is C=C(c1ccccc1OC)[C@]12CCN(S(=O)(=O)c3ccc(C)cc3)[C@H]1CC(=O)O2. The van der Waals surface area contributed by atoms with Crippen molar-refractivity contribution in [2.24, 2.45) is 0 Å². The normalized spacial score (nSPS) is 24.2. The molecule has 0 aromatic heterocycles. The number of para-hydroxylation sites is 1. The van der Waals surface area contributed by atoms with Crippen molar-refractivity contribution < 1.29 is 22.7 Å². The summed E-state index contributed by atoms with van der Waals surface area (Å²) in [6, 6.07) is 13.4. The number of carbonyl (C=O) groups is 1. The summed E-state index contributed by atoms with van der Waals surface area (Å²) in [6.07, 6.45) is 0.352. The fraction of sp³-hybridized carbons (Fsp3) is 0.318. The van der Waals surface area contributed by atoms with Gasteiger partial charge in [0.25, 0.3) is 0 Å². The van der Waals surface area contributed by atoms with E-state index < -0.39 is 27.6 Å². The second-order valence-corrected chi connectivity index (χ2v) is 9.33. The molecule has 0 radical (unpaired) electrons. The second-order valence-electron chi connectivity index (χ2n) is 7.44. The van der Waals surface area contributed by atoms with Crippen LogP contribution in [-0.4, -0.2) is 44.0 Å². The van der Waals surface area contributed by atoms with Crippen molar-refractivity contribution in [1.82, 2.24) is 4.31 Å². The van der Waals surface area contributed by atoms with Crippen LogP contribution >= 0.6 is 0 Å². The predicted octanol–water partition coefficient (Wildman–Crippen LogP) is 3.17. The molecular weight excluding hydrogens is 390 g/mol. The van der Waals surface area contributed by atoms with Crippen molar-refractivity contribution in [3.8, 4) is 5.75 Å². The molecule has 152 valence electrons. The van der Waals surface area contributed by atoms with E-state index in [4.69, 9.17) is 9.47 Å². The van der Waals surface area contributed by atoms with Crippen LogP contribution in [0.3, 0.4) is 0 Å². The van der Waals surface area contributed by atoms with E-state index in [2.05, 4.69) is 6.58 Å². The maximum Gasteiger partial charge on any atom is 0.308 e. The van der Waals surface area contributed by atoms with Crippen LogP contribution in [-0.2, 0) is 19.6 Å². The topological polar surface area (TPSA) is 72.9 Å². The highest BCUT2D eigenvalue weighted by molar-refractivity contribution is 7.89. The lowest BCUT2D eigenvalue weighted by atomic mass is 9.83. The lowest BCUT2D eigenvalue weighted by molar-refractivity contribution is -0.144. The van der Waals surface area contributed by atoms with Crippen molar-refractivity contribution in [1.29, 1.82) is 0 Å². The molecule has 0 amide bonds. The van der Waals surface area contributed by atoms with E-state index in [0.717, 1.165) is 5.56 Å². The molecule has 29 heavy (non-hydrogen) atoms. The van der Waals surface area contributed by atoms with E-state index in [-0.39, 0.29) is 17.9 Å². The Morgan fingerprint density at radius 1 is 1.21 bits per heavy atom. The maximum atomic E-state index is 13.3. The first kappa shape index (κ1) is 19.7. The number of ether oxygens (including phenoxy) is 2. The number of nitrogens with zero attached hydrogens (tertiary/aromatic N) is 1. The fourth-order valence-electron chi connectivity index (χ4n) is 4.29. The Morgan fingerprint density at radius 3 is 2.59 bits per heavy atom. The summed E-state index contributed by atoms with van der Waals surface area (Å²) in [7, 11) is -2.21. The Labute approximate surface area is 170 Å². The number of sulfonamides is 1. The number of methoxy groups -OCH3 is 1. The molecule has 2 saturated heterocycles. The number of hydrogen-bond acceptors (Lipinski definition) is 5. The van der Waals surface area contributed by atoms with Crippen molar-refractivity contribution >= 4 is 21.6 Å². The van der Waals surface area contributed by atoms with Gasteiger partial charge in [-0.3, -0.25) is 4.79 Å². The van der Waals surface area contributed by atoms with Crippen LogP contribution in [0.1, 0.15) is 24.0 Å². The first-order valence-electron chi connectivity index (χ1n) is 9.43. The van der Waals surface area contributed by atoms with E-state index in [9.17, 15) is 13.2 Å². The summed E-state index contributed by atoms with van der Waals surface area (Å²) in [6.45, 7) is 6.36. The van der Waals surface area contributed by atoms with Gasteiger partial charge in [-0.2, -0.15) is 4.31 Å². The summed E-state index contributed by atoms with van der Waals surface area (Å²) < 4.78 is 39.2. The van der Waals surface area contributed by atoms with Crippen molar-refractivity contribution in [2.75, 3.05) is 13.7 Å². The number of rotatable bonds is 5. The molecule has 0 unspecified atom stereocenters. The molecule has 0 saturated carbocycles. The quantitative estimate of drug-likeness (QED) is 0.704. The Hall–Kier alpha value is -2.64. The molecule has 2 aliphatic heterocycles. The largest absolute Gasteiger partial charge is 0.496 e. The number of esters is 1. The minimum Gasteiger partial charge on any atom is -0.496 e. The Bertz CT molecular complexity index is 1080. The van der Waals surface area contributed by atoms with E-state index in [1.165, 1.54) is 4.31 Å². The van der Waals surface area contributed by atoms with Crippen LogP contribution in [0.4, 0.5) is 0 Å². The molecular formula is C22H23NO5S. The van der Waals surface area contributed by atoms with Gasteiger partial charge >= 0.3 is 5.97 Å². The van der Waals surface area contributed by atoms with E-state index in [1.54, 1.807) is 37.4 Å². The molecule has 2 aromatic carbocycles. The van der Waals surface area contributed by atoms with E-state index in [1.807, 2.05) is 25.1 Å². The average molecular weight is 413 g/mol. The van der Waals surface area contributed by atoms with Gasteiger partial charge < -0.3 is 9.47 Å². The van der Waals surface area contributed by atoms with E-state index in [0.29, 0.717) is 23.3 Å². The van der Waals surface area contributed by atoms with Gasteiger partial charge in [0.05, 0.1) is 24.5 Å². The molecule has 2 heterocycles. The third kappa shape index (κ3) is 3.05. The highest BCUT2D eigenvalue weighted by Gasteiger charge is 2.61. The standard InChI is InChI=1S/C22H23NO5S/c1-15-8-10-17(11-9-15)29(25,26)23-13-12-22(20(23)14-21(24)28-22)16(2)18-6-4-5-7-19(18)27-3/h4-11,20H,2,12-14H2,1,3H3/t20-,22+/m0/s1. The molecule has 2 aliphatic rings. The third-order valence-electron chi connectivity index (χ3n) is 5.82. The van der Waals surface area contributed by atoms with Crippen molar-refractivity contribution in [3.05, 3.63) is 66.2 Å². The molecule has 0 aliphatic carbocycles. The number of benzene rings is 2. The lowest BCUT2D eigenvalue weighted by Crippen LogP contribution is -2.44. The third-order valence-corrected chi connectivity index (χ3v) is 7.74. The number of aryl methyl sites for hydroxylation is 1. The molecule has 2 atom stereocenters. The Morgan fingerprint density at radius 2 is 1.90 bits per heavy atom. The average Bonchev–Trinajstić information content (AvgIpc) is 3.22. The summed E-state index contributed by atoms with van der Waals surface area (Å²) in [5.41, 5.74) is 1.16. The Kier molecular flexibility index (Phi) is 4.75. The fourth-order valence-corrected chi connectivity index (χ4v) is 5.95. The summed E-state index contributed by atoms with van der Waals surface area (Å²) in [5, 5.41) is 0. The molecule has 6 nitrogen and oxygen atoms in total. The van der Waals surface area contributed by atoms with Gasteiger partial charge in [-0.25, -0.2) is 8.42 Å². The maximum absolute atomic E-state index is 13.3. The zero-order valence-electron chi connectivity index (χ0n) is 16.4. The van der Waals surface area contributed by atoms with Crippen LogP contribution in [0.25, 0.3) is 5.57 Å². The van der Waals surface area contributed by atoms with Crippen LogP contribution in [0.5, 0.6) is 5.75 Å². The monoisotopic (exact) mass is 413 g/mol. The Balaban J connectivity index is 1.75. The summed E-state index contributed by atoms with van der Waals surface area (Å²) >= 11 is 0. The molecule has 0 bridgehead atoms. The van der Waals surface area contributed by atoms with Crippen molar-refractivity contribution in [2.45, 2.75) is 36.3 Å². The molecule has 0 spiro atoms. The molecule has 7 heteroatoms. The molecule has 2 aromatic rings. The minimum absolute atomic E-state index is 0.000734.